The van der Waals surface area contributed by atoms with Gasteiger partial charge in [0.05, 0.1) is 22.3 Å². The van der Waals surface area contributed by atoms with Crippen LogP contribution in [-0.2, 0) is 0 Å². The minimum absolute atomic E-state index is 0.203. The highest BCUT2D eigenvalue weighted by molar-refractivity contribution is 6.33. The molecule has 26 heavy (non-hydrogen) atoms. The number of nitriles is 1. The number of para-hydroxylation sites is 1. The van der Waals surface area contributed by atoms with Crippen LogP contribution in [0.3, 0.4) is 0 Å². The van der Waals surface area contributed by atoms with Crippen LogP contribution >= 0.6 is 11.6 Å². The predicted octanol–water partition coefficient (Wildman–Crippen LogP) is 4.31. The number of hydrogen-bond donors (Lipinski definition) is 2. The lowest BCUT2D eigenvalue weighted by Gasteiger charge is -2.10. The average molecular weight is 364 g/mol. The number of halogens is 1. The summed E-state index contributed by atoms with van der Waals surface area (Å²) in [6.07, 6.45) is 0. The summed E-state index contributed by atoms with van der Waals surface area (Å²) in [5, 5.41) is 15.3. The van der Waals surface area contributed by atoms with E-state index in [4.69, 9.17) is 16.9 Å². The first-order valence-electron chi connectivity index (χ1n) is 7.74. The molecule has 1 aromatic heterocycles. The highest BCUT2D eigenvalue weighted by Gasteiger charge is 2.12. The molecule has 0 aliphatic heterocycles. The van der Waals surface area contributed by atoms with Crippen LogP contribution in [0.1, 0.15) is 21.9 Å². The second-order valence-corrected chi connectivity index (χ2v) is 5.84. The molecule has 0 saturated carbocycles. The summed E-state index contributed by atoms with van der Waals surface area (Å²) in [6.45, 7) is 1.70. The summed E-state index contributed by atoms with van der Waals surface area (Å²) < 4.78 is 0. The molecular formula is C19H14ClN5O. The van der Waals surface area contributed by atoms with Crippen LogP contribution in [-0.4, -0.2) is 15.9 Å². The molecule has 2 N–H and O–H groups in total. The smallest absolute Gasteiger partial charge is 0.274 e. The van der Waals surface area contributed by atoms with Gasteiger partial charge in [0, 0.05) is 11.8 Å². The Hall–Kier alpha value is -3.43. The van der Waals surface area contributed by atoms with E-state index < -0.39 is 5.91 Å². The molecule has 0 atom stereocenters. The number of nitrogens with one attached hydrogen (secondary N) is 2. The van der Waals surface area contributed by atoms with Crippen molar-refractivity contribution in [1.82, 2.24) is 9.97 Å². The van der Waals surface area contributed by atoms with Crippen molar-refractivity contribution in [2.75, 3.05) is 10.6 Å². The molecule has 0 fully saturated rings. The monoisotopic (exact) mass is 363 g/mol. The van der Waals surface area contributed by atoms with Crippen molar-refractivity contribution in [2.45, 2.75) is 6.92 Å². The molecule has 128 valence electrons. The number of nitrogens with zero attached hydrogens (tertiary/aromatic N) is 3. The second kappa shape index (κ2) is 7.64. The number of amides is 1. The number of rotatable bonds is 4. The first-order valence-corrected chi connectivity index (χ1v) is 8.12. The van der Waals surface area contributed by atoms with Gasteiger partial charge < -0.3 is 10.6 Å². The zero-order valence-corrected chi connectivity index (χ0v) is 14.6. The first kappa shape index (κ1) is 17.4. The van der Waals surface area contributed by atoms with Gasteiger partial charge >= 0.3 is 0 Å². The van der Waals surface area contributed by atoms with Crippen LogP contribution < -0.4 is 10.6 Å². The molecule has 2 aromatic carbocycles. The molecular weight excluding hydrogens is 350 g/mol. The third-order valence-corrected chi connectivity index (χ3v) is 3.79. The van der Waals surface area contributed by atoms with Crippen molar-refractivity contribution in [3.8, 4) is 6.07 Å². The summed E-state index contributed by atoms with van der Waals surface area (Å²) in [6, 6.07) is 17.5. The van der Waals surface area contributed by atoms with Gasteiger partial charge in [0.1, 0.15) is 17.3 Å². The lowest BCUT2D eigenvalue weighted by atomic mass is 10.2. The third-order valence-electron chi connectivity index (χ3n) is 3.46. The van der Waals surface area contributed by atoms with Crippen molar-refractivity contribution in [3.63, 3.8) is 0 Å². The van der Waals surface area contributed by atoms with Crippen LogP contribution in [0.4, 0.5) is 17.2 Å². The lowest BCUT2D eigenvalue weighted by Crippen LogP contribution is -2.15. The Kier molecular flexibility index (Phi) is 5.11. The van der Waals surface area contributed by atoms with E-state index >= 15 is 0 Å². The van der Waals surface area contributed by atoms with E-state index in [2.05, 4.69) is 20.6 Å². The second-order valence-electron chi connectivity index (χ2n) is 5.44. The van der Waals surface area contributed by atoms with Gasteiger partial charge in [-0.15, -0.1) is 0 Å². The van der Waals surface area contributed by atoms with Crippen LogP contribution in [0.5, 0.6) is 0 Å². The van der Waals surface area contributed by atoms with Crippen LogP contribution in [0, 0.1) is 18.3 Å². The van der Waals surface area contributed by atoms with E-state index in [9.17, 15) is 4.79 Å². The number of carbonyl (C=O) groups is 1. The minimum Gasteiger partial charge on any atom is -0.339 e. The van der Waals surface area contributed by atoms with E-state index in [1.165, 1.54) is 0 Å². The number of hydrogen-bond acceptors (Lipinski definition) is 5. The lowest BCUT2D eigenvalue weighted by molar-refractivity contribution is 0.102. The fourth-order valence-corrected chi connectivity index (χ4v) is 2.49. The average Bonchev–Trinajstić information content (AvgIpc) is 2.63. The van der Waals surface area contributed by atoms with Gasteiger partial charge in [-0.3, -0.25) is 4.79 Å². The van der Waals surface area contributed by atoms with Crippen LogP contribution in [0.2, 0.25) is 5.02 Å². The summed E-state index contributed by atoms with van der Waals surface area (Å²) >= 11 is 6.14. The van der Waals surface area contributed by atoms with Crippen LogP contribution in [0.15, 0.2) is 54.6 Å². The molecule has 3 aromatic rings. The number of carbonyl (C=O) groups excluding carboxylic acids is 1. The Bertz CT molecular complexity index is 1010. The van der Waals surface area contributed by atoms with Crippen molar-refractivity contribution < 1.29 is 4.79 Å². The van der Waals surface area contributed by atoms with Gasteiger partial charge in [0.15, 0.2) is 0 Å². The van der Waals surface area contributed by atoms with Gasteiger partial charge in [-0.1, -0.05) is 29.8 Å². The van der Waals surface area contributed by atoms with Gasteiger partial charge in [0.2, 0.25) is 0 Å². The van der Waals surface area contributed by atoms with Gasteiger partial charge in [0.25, 0.3) is 5.91 Å². The highest BCUT2D eigenvalue weighted by Crippen LogP contribution is 2.24. The molecule has 0 saturated heterocycles. The zero-order valence-electron chi connectivity index (χ0n) is 13.8. The largest absolute Gasteiger partial charge is 0.339 e. The third kappa shape index (κ3) is 4.15. The summed E-state index contributed by atoms with van der Waals surface area (Å²) in [7, 11) is 0. The standard InChI is InChI=1S/C19H14ClN5O/c1-12-22-17(19(26)24-14-6-4-5-13(9-14)11-21)10-18(23-12)25-16-8-3-2-7-15(16)20/h2-10H,1H3,(H,24,26)(H,22,23,25). The molecule has 0 aliphatic carbocycles. The van der Waals surface area contributed by atoms with E-state index in [0.29, 0.717) is 33.6 Å². The van der Waals surface area contributed by atoms with Crippen molar-refractivity contribution in [3.05, 3.63) is 76.7 Å². The Morgan fingerprint density at radius 2 is 1.92 bits per heavy atom. The molecule has 0 bridgehead atoms. The number of aryl methyl sites for hydroxylation is 1. The van der Waals surface area contributed by atoms with E-state index in [0.717, 1.165) is 0 Å². The SMILES string of the molecule is Cc1nc(Nc2ccccc2Cl)cc(C(=O)Nc2cccc(C#N)c2)n1. The molecule has 0 unspecified atom stereocenters. The normalized spacial score (nSPS) is 10.0. The fourth-order valence-electron chi connectivity index (χ4n) is 2.31. The zero-order chi connectivity index (χ0) is 18.5. The first-order chi connectivity index (χ1) is 12.5. The predicted molar refractivity (Wildman–Crippen MR) is 101 cm³/mol. The fraction of sp³-hybridized carbons (Fsp3) is 0.0526. The highest BCUT2D eigenvalue weighted by atomic mass is 35.5. The topological polar surface area (TPSA) is 90.7 Å². The van der Waals surface area contributed by atoms with Gasteiger partial charge in [-0.05, 0) is 37.3 Å². The maximum atomic E-state index is 12.5. The molecule has 0 radical (unpaired) electrons. The van der Waals surface area contributed by atoms with Gasteiger partial charge in [-0.25, -0.2) is 9.97 Å². The van der Waals surface area contributed by atoms with Crippen molar-refractivity contribution in [1.29, 1.82) is 5.26 Å². The van der Waals surface area contributed by atoms with Crippen molar-refractivity contribution in [2.24, 2.45) is 0 Å². The molecule has 3 rings (SSSR count). The number of aromatic nitrogens is 2. The van der Waals surface area contributed by atoms with E-state index in [1.54, 1.807) is 43.3 Å². The summed E-state index contributed by atoms with van der Waals surface area (Å²) in [5.74, 6) is 0.507. The quantitative estimate of drug-likeness (QED) is 0.720. The minimum atomic E-state index is -0.396. The molecule has 0 aliphatic rings. The van der Waals surface area contributed by atoms with E-state index in [1.807, 2.05) is 24.3 Å². The van der Waals surface area contributed by atoms with E-state index in [-0.39, 0.29) is 5.69 Å². The Morgan fingerprint density at radius 3 is 2.69 bits per heavy atom. The number of anilines is 3. The molecule has 0 spiro atoms. The molecule has 1 amide bonds. The summed E-state index contributed by atoms with van der Waals surface area (Å²) in [4.78, 5) is 21.0. The Labute approximate surface area is 155 Å². The van der Waals surface area contributed by atoms with Gasteiger partial charge in [-0.2, -0.15) is 5.26 Å². The maximum absolute atomic E-state index is 12.5. The number of benzene rings is 2. The van der Waals surface area contributed by atoms with Crippen molar-refractivity contribution >= 4 is 34.7 Å². The maximum Gasteiger partial charge on any atom is 0.274 e. The molecule has 7 heteroatoms. The van der Waals surface area contributed by atoms with Crippen LogP contribution in [0.25, 0.3) is 0 Å². The summed E-state index contributed by atoms with van der Waals surface area (Å²) in [5.41, 5.74) is 1.86. The Balaban J connectivity index is 1.83. The Morgan fingerprint density at radius 1 is 1.12 bits per heavy atom. The molecule has 6 nitrogen and oxygen atoms in total. The molecule has 1 heterocycles.